The number of hydrogen-bond donors (Lipinski definition) is 0. The van der Waals surface area contributed by atoms with E-state index in [0.717, 1.165) is 11.1 Å². The molecule has 0 N–H and O–H groups in total. The van der Waals surface area contributed by atoms with Crippen molar-refractivity contribution in [1.29, 1.82) is 5.26 Å². The molecule has 0 bridgehead atoms. The van der Waals surface area contributed by atoms with Crippen molar-refractivity contribution in [3.05, 3.63) is 59.0 Å². The summed E-state index contributed by atoms with van der Waals surface area (Å²) in [5, 5.41) is 9.28. The van der Waals surface area contributed by atoms with E-state index in [1.165, 1.54) is 6.26 Å². The van der Waals surface area contributed by atoms with Crippen molar-refractivity contribution in [2.24, 2.45) is 0 Å². The second-order valence-corrected chi connectivity index (χ2v) is 4.45. The Morgan fingerprint density at radius 3 is 2.58 bits per heavy atom. The van der Waals surface area contributed by atoms with Gasteiger partial charge in [-0.05, 0) is 18.6 Å². The van der Waals surface area contributed by atoms with Gasteiger partial charge in [-0.1, -0.05) is 36.8 Å². The average Bonchev–Trinajstić information content (AvgIpc) is 2.90. The van der Waals surface area contributed by atoms with Crippen molar-refractivity contribution in [1.82, 2.24) is 0 Å². The highest BCUT2D eigenvalue weighted by Gasteiger charge is 2.24. The Balaban J connectivity index is 2.35. The third kappa shape index (κ3) is 2.58. The zero-order valence-corrected chi connectivity index (χ0v) is 11.0. The highest BCUT2D eigenvalue weighted by molar-refractivity contribution is 6.03. The average molecular weight is 253 g/mol. The molecule has 0 saturated heterocycles. The van der Waals surface area contributed by atoms with E-state index in [4.69, 9.17) is 4.42 Å². The van der Waals surface area contributed by atoms with Crippen molar-refractivity contribution in [2.75, 3.05) is 0 Å². The lowest BCUT2D eigenvalue weighted by Gasteiger charge is -2.08. The van der Waals surface area contributed by atoms with Gasteiger partial charge in [0.25, 0.3) is 0 Å². The number of nitrogens with zero attached hydrogens (tertiary/aromatic N) is 1. The van der Waals surface area contributed by atoms with Crippen molar-refractivity contribution < 1.29 is 9.21 Å². The summed E-state index contributed by atoms with van der Waals surface area (Å²) in [5.41, 5.74) is 2.33. The zero-order chi connectivity index (χ0) is 13.8. The van der Waals surface area contributed by atoms with Gasteiger partial charge in [-0.3, -0.25) is 4.79 Å². The van der Waals surface area contributed by atoms with E-state index < -0.39 is 5.92 Å². The molecule has 0 spiro atoms. The fraction of sp³-hybridized carbons (Fsp3) is 0.250. The lowest BCUT2D eigenvalue weighted by Crippen LogP contribution is -2.12. The number of ketones is 1. The van der Waals surface area contributed by atoms with Crippen LogP contribution in [0.3, 0.4) is 0 Å². The molecule has 0 aliphatic carbocycles. The van der Waals surface area contributed by atoms with Gasteiger partial charge in [-0.15, -0.1) is 0 Å². The highest BCUT2D eigenvalue weighted by atomic mass is 16.3. The first-order valence-corrected chi connectivity index (χ1v) is 6.24. The largest absolute Gasteiger partial charge is 0.469 e. The van der Waals surface area contributed by atoms with Crippen molar-refractivity contribution >= 4 is 5.78 Å². The number of nitriles is 1. The normalized spacial score (nSPS) is 11.8. The number of Topliss-reactive ketones (excluding diaryl/α,β-unsaturated/α-hetero) is 1. The Kier molecular flexibility index (Phi) is 3.82. The molecule has 1 aromatic heterocycles. The molecule has 1 heterocycles. The van der Waals surface area contributed by atoms with Crippen LogP contribution in [-0.4, -0.2) is 5.78 Å². The number of hydrogen-bond acceptors (Lipinski definition) is 3. The number of carbonyl (C=O) groups excluding carboxylic acids is 1. The Hall–Kier alpha value is -2.34. The third-order valence-electron chi connectivity index (χ3n) is 3.13. The van der Waals surface area contributed by atoms with Gasteiger partial charge in [0.1, 0.15) is 11.7 Å². The number of furan rings is 1. The Labute approximate surface area is 112 Å². The first-order valence-electron chi connectivity index (χ1n) is 6.24. The van der Waals surface area contributed by atoms with E-state index in [1.807, 2.05) is 38.1 Å². The molecule has 19 heavy (non-hydrogen) atoms. The molecule has 0 aliphatic heterocycles. The van der Waals surface area contributed by atoms with Crippen LogP contribution >= 0.6 is 0 Å². The van der Waals surface area contributed by atoms with Crippen LogP contribution in [0.15, 0.2) is 41.0 Å². The Morgan fingerprint density at radius 1 is 1.32 bits per heavy atom. The molecule has 2 rings (SSSR count). The predicted octanol–water partition coefficient (Wildman–Crippen LogP) is 3.64. The molecule has 1 unspecified atom stereocenters. The molecule has 2 aromatic rings. The number of aryl methyl sites for hydroxylation is 2. The SMILES string of the molecule is CCc1occc1C(=O)C(C#N)c1ccc(C)cc1. The maximum absolute atomic E-state index is 12.4. The minimum Gasteiger partial charge on any atom is -0.469 e. The van der Waals surface area contributed by atoms with E-state index in [0.29, 0.717) is 17.7 Å². The van der Waals surface area contributed by atoms with Crippen molar-refractivity contribution in [3.63, 3.8) is 0 Å². The summed E-state index contributed by atoms with van der Waals surface area (Å²) in [7, 11) is 0. The monoisotopic (exact) mass is 253 g/mol. The van der Waals surface area contributed by atoms with Crippen LogP contribution in [0, 0.1) is 18.3 Å². The number of carbonyl (C=O) groups is 1. The molecular formula is C16H15NO2. The fourth-order valence-corrected chi connectivity index (χ4v) is 2.03. The molecule has 3 heteroatoms. The van der Waals surface area contributed by atoms with Gasteiger partial charge in [0.15, 0.2) is 5.78 Å². The maximum atomic E-state index is 12.4. The van der Waals surface area contributed by atoms with Gasteiger partial charge < -0.3 is 4.42 Å². The summed E-state index contributed by atoms with van der Waals surface area (Å²) in [6, 6.07) is 11.2. The molecule has 96 valence electrons. The summed E-state index contributed by atoms with van der Waals surface area (Å²) in [5.74, 6) is -0.335. The van der Waals surface area contributed by atoms with Crippen LogP contribution in [0.2, 0.25) is 0 Å². The molecule has 0 fully saturated rings. The Bertz CT molecular complexity index is 617. The topological polar surface area (TPSA) is 54.0 Å². The second kappa shape index (κ2) is 5.53. The summed E-state index contributed by atoms with van der Waals surface area (Å²) in [6.07, 6.45) is 2.13. The second-order valence-electron chi connectivity index (χ2n) is 4.45. The first kappa shape index (κ1) is 13.1. The van der Waals surface area contributed by atoms with Gasteiger partial charge >= 0.3 is 0 Å². The summed E-state index contributed by atoms with van der Waals surface area (Å²) >= 11 is 0. The summed E-state index contributed by atoms with van der Waals surface area (Å²) in [6.45, 7) is 3.89. The minimum atomic E-state index is -0.775. The van der Waals surface area contributed by atoms with Gasteiger partial charge in [0.05, 0.1) is 17.9 Å². The standard InChI is InChI=1S/C16H15NO2/c1-3-15-13(8-9-19-15)16(18)14(10-17)12-6-4-11(2)5-7-12/h4-9,14H,3H2,1-2H3. The van der Waals surface area contributed by atoms with Gasteiger partial charge in [0, 0.05) is 6.42 Å². The van der Waals surface area contributed by atoms with Crippen LogP contribution in [0.4, 0.5) is 0 Å². The summed E-state index contributed by atoms with van der Waals surface area (Å²) in [4.78, 5) is 12.4. The van der Waals surface area contributed by atoms with Crippen molar-refractivity contribution in [3.8, 4) is 6.07 Å². The first-order chi connectivity index (χ1) is 9.17. The quantitative estimate of drug-likeness (QED) is 0.781. The Morgan fingerprint density at radius 2 is 2.00 bits per heavy atom. The lowest BCUT2D eigenvalue weighted by molar-refractivity contribution is 0.0977. The fourth-order valence-electron chi connectivity index (χ4n) is 2.03. The van der Waals surface area contributed by atoms with Crippen LogP contribution in [0.25, 0.3) is 0 Å². The zero-order valence-electron chi connectivity index (χ0n) is 11.0. The lowest BCUT2D eigenvalue weighted by atomic mass is 9.91. The molecule has 0 saturated carbocycles. The summed E-state index contributed by atoms with van der Waals surface area (Å²) < 4.78 is 5.25. The van der Waals surface area contributed by atoms with Gasteiger partial charge in [-0.25, -0.2) is 0 Å². The van der Waals surface area contributed by atoms with Gasteiger partial charge in [-0.2, -0.15) is 5.26 Å². The molecular weight excluding hydrogens is 238 g/mol. The van der Waals surface area contributed by atoms with E-state index in [-0.39, 0.29) is 5.78 Å². The number of rotatable bonds is 4. The van der Waals surface area contributed by atoms with Crippen LogP contribution in [0.1, 0.15) is 40.1 Å². The predicted molar refractivity (Wildman–Crippen MR) is 71.9 cm³/mol. The van der Waals surface area contributed by atoms with Crippen LogP contribution < -0.4 is 0 Å². The van der Waals surface area contributed by atoms with E-state index in [9.17, 15) is 10.1 Å². The van der Waals surface area contributed by atoms with E-state index in [2.05, 4.69) is 6.07 Å². The third-order valence-corrected chi connectivity index (χ3v) is 3.13. The van der Waals surface area contributed by atoms with Crippen molar-refractivity contribution in [2.45, 2.75) is 26.2 Å². The molecule has 1 atom stereocenters. The highest BCUT2D eigenvalue weighted by Crippen LogP contribution is 2.23. The molecule has 1 aromatic carbocycles. The molecule has 3 nitrogen and oxygen atoms in total. The van der Waals surface area contributed by atoms with E-state index >= 15 is 0 Å². The van der Waals surface area contributed by atoms with E-state index in [1.54, 1.807) is 6.07 Å². The van der Waals surface area contributed by atoms with Crippen LogP contribution in [-0.2, 0) is 6.42 Å². The smallest absolute Gasteiger partial charge is 0.187 e. The maximum Gasteiger partial charge on any atom is 0.187 e. The minimum absolute atomic E-state index is 0.197. The molecule has 0 amide bonds. The molecule has 0 aliphatic rings. The van der Waals surface area contributed by atoms with Gasteiger partial charge in [0.2, 0.25) is 0 Å². The number of benzene rings is 1. The van der Waals surface area contributed by atoms with Crippen LogP contribution in [0.5, 0.6) is 0 Å². The molecule has 0 radical (unpaired) electrons.